The monoisotopic (exact) mass is 353 g/mol. The molecule has 0 saturated heterocycles. The van der Waals surface area contributed by atoms with Gasteiger partial charge in [0.05, 0.1) is 18.2 Å². The van der Waals surface area contributed by atoms with Crippen molar-refractivity contribution in [2.45, 2.75) is 52.8 Å². The van der Waals surface area contributed by atoms with Gasteiger partial charge in [-0.3, -0.25) is 0 Å². The molecule has 7 nitrogen and oxygen atoms in total. The summed E-state index contributed by atoms with van der Waals surface area (Å²) < 4.78 is 12.9. The molecule has 0 fully saturated rings. The minimum atomic E-state index is 0.0172. The molecule has 2 aromatic rings. The second-order valence-electron chi connectivity index (χ2n) is 5.71. The van der Waals surface area contributed by atoms with Gasteiger partial charge < -0.3 is 14.8 Å². The molecule has 0 aliphatic heterocycles. The SMILES string of the molecule is CCCCn1nnnc1NCc1cc(Cl)c(OC(C)C)c(OC)c1. The van der Waals surface area contributed by atoms with Gasteiger partial charge in [0.2, 0.25) is 5.95 Å². The van der Waals surface area contributed by atoms with E-state index >= 15 is 0 Å². The third kappa shape index (κ3) is 4.74. The number of halogens is 1. The summed E-state index contributed by atoms with van der Waals surface area (Å²) in [5, 5.41) is 15.5. The van der Waals surface area contributed by atoms with Crippen LogP contribution in [0.25, 0.3) is 0 Å². The summed E-state index contributed by atoms with van der Waals surface area (Å²) in [7, 11) is 1.60. The first-order valence-electron chi connectivity index (χ1n) is 8.08. The lowest BCUT2D eigenvalue weighted by Gasteiger charge is -2.16. The molecule has 1 aromatic heterocycles. The van der Waals surface area contributed by atoms with E-state index in [2.05, 4.69) is 27.8 Å². The zero-order valence-corrected chi connectivity index (χ0v) is 15.3. The number of nitrogens with zero attached hydrogens (tertiary/aromatic N) is 4. The molecule has 0 aliphatic carbocycles. The summed E-state index contributed by atoms with van der Waals surface area (Å²) in [4.78, 5) is 0. The number of ether oxygens (including phenoxy) is 2. The van der Waals surface area contributed by atoms with Crippen molar-refractivity contribution < 1.29 is 9.47 Å². The third-order valence-electron chi connectivity index (χ3n) is 3.35. The summed E-state index contributed by atoms with van der Waals surface area (Å²) in [5.74, 6) is 1.81. The maximum atomic E-state index is 6.34. The molecule has 1 heterocycles. The molecule has 0 bridgehead atoms. The van der Waals surface area contributed by atoms with Crippen LogP contribution < -0.4 is 14.8 Å². The Morgan fingerprint density at radius 3 is 2.79 bits per heavy atom. The molecule has 0 aliphatic rings. The van der Waals surface area contributed by atoms with Gasteiger partial charge in [-0.05, 0) is 48.4 Å². The minimum Gasteiger partial charge on any atom is -0.493 e. The van der Waals surface area contributed by atoms with E-state index in [1.165, 1.54) is 0 Å². The Labute approximate surface area is 147 Å². The van der Waals surface area contributed by atoms with Crippen LogP contribution in [0.3, 0.4) is 0 Å². The van der Waals surface area contributed by atoms with E-state index in [9.17, 15) is 0 Å². The number of aromatic nitrogens is 4. The van der Waals surface area contributed by atoms with Crippen molar-refractivity contribution >= 4 is 17.5 Å². The Hall–Kier alpha value is -2.02. The van der Waals surface area contributed by atoms with Crippen LogP contribution in [-0.4, -0.2) is 33.4 Å². The predicted molar refractivity (Wildman–Crippen MR) is 93.8 cm³/mol. The fraction of sp³-hybridized carbons (Fsp3) is 0.562. The number of anilines is 1. The standard InChI is InChI=1S/C16H24ClN5O2/c1-5-6-7-22-16(19-20-21-22)18-10-12-8-13(17)15(24-11(2)3)14(9-12)23-4/h8-9,11H,5-7,10H2,1-4H3,(H,18,19,21). The normalized spacial score (nSPS) is 10.9. The quantitative estimate of drug-likeness (QED) is 0.743. The topological polar surface area (TPSA) is 74.1 Å². The van der Waals surface area contributed by atoms with Crippen molar-refractivity contribution in [3.8, 4) is 11.5 Å². The van der Waals surface area contributed by atoms with E-state index in [1.807, 2.05) is 26.0 Å². The number of aryl methyl sites for hydroxylation is 1. The van der Waals surface area contributed by atoms with Crippen molar-refractivity contribution in [2.75, 3.05) is 12.4 Å². The van der Waals surface area contributed by atoms with E-state index in [-0.39, 0.29) is 6.10 Å². The van der Waals surface area contributed by atoms with Gasteiger partial charge in [0, 0.05) is 13.1 Å². The van der Waals surface area contributed by atoms with E-state index in [0.717, 1.165) is 24.9 Å². The molecule has 1 N–H and O–H groups in total. The largest absolute Gasteiger partial charge is 0.493 e. The number of methoxy groups -OCH3 is 1. The second kappa shape index (κ2) is 8.73. The van der Waals surface area contributed by atoms with Crippen LogP contribution >= 0.6 is 11.6 Å². The van der Waals surface area contributed by atoms with Gasteiger partial charge in [-0.25, -0.2) is 4.68 Å². The Kier molecular flexibility index (Phi) is 6.66. The van der Waals surface area contributed by atoms with Gasteiger partial charge in [-0.15, -0.1) is 0 Å². The van der Waals surface area contributed by atoms with E-state index < -0.39 is 0 Å². The lowest BCUT2D eigenvalue weighted by atomic mass is 10.2. The van der Waals surface area contributed by atoms with Crippen LogP contribution in [0.2, 0.25) is 5.02 Å². The first-order chi connectivity index (χ1) is 11.5. The highest BCUT2D eigenvalue weighted by Crippen LogP contribution is 2.37. The molecular weight excluding hydrogens is 330 g/mol. The molecule has 2 rings (SSSR count). The molecule has 0 unspecified atom stereocenters. The number of benzene rings is 1. The number of unbranched alkanes of at least 4 members (excludes halogenated alkanes) is 1. The van der Waals surface area contributed by atoms with Crippen LogP contribution in [-0.2, 0) is 13.1 Å². The van der Waals surface area contributed by atoms with E-state index in [4.69, 9.17) is 21.1 Å². The van der Waals surface area contributed by atoms with Gasteiger partial charge >= 0.3 is 0 Å². The van der Waals surface area contributed by atoms with Gasteiger partial charge in [0.25, 0.3) is 0 Å². The maximum absolute atomic E-state index is 6.34. The van der Waals surface area contributed by atoms with Crippen LogP contribution in [0, 0.1) is 0 Å². The smallest absolute Gasteiger partial charge is 0.243 e. The van der Waals surface area contributed by atoms with Crippen molar-refractivity contribution in [3.05, 3.63) is 22.7 Å². The molecule has 0 atom stereocenters. The number of nitrogens with one attached hydrogen (secondary N) is 1. The maximum Gasteiger partial charge on any atom is 0.243 e. The molecule has 0 amide bonds. The van der Waals surface area contributed by atoms with Crippen molar-refractivity contribution in [2.24, 2.45) is 0 Å². The van der Waals surface area contributed by atoms with E-state index in [0.29, 0.717) is 29.0 Å². The highest BCUT2D eigenvalue weighted by Gasteiger charge is 2.14. The van der Waals surface area contributed by atoms with Gasteiger partial charge in [-0.1, -0.05) is 30.0 Å². The molecule has 8 heteroatoms. The van der Waals surface area contributed by atoms with Crippen molar-refractivity contribution in [1.82, 2.24) is 20.2 Å². The Bertz CT molecular complexity index is 660. The van der Waals surface area contributed by atoms with Crippen LogP contribution in [0.5, 0.6) is 11.5 Å². The van der Waals surface area contributed by atoms with Crippen LogP contribution in [0.1, 0.15) is 39.2 Å². The Morgan fingerprint density at radius 2 is 2.12 bits per heavy atom. The fourth-order valence-electron chi connectivity index (χ4n) is 2.20. The average Bonchev–Trinajstić information content (AvgIpc) is 3.00. The molecular formula is C16H24ClN5O2. The highest BCUT2D eigenvalue weighted by atomic mass is 35.5. The molecule has 0 saturated carbocycles. The molecule has 1 aromatic carbocycles. The minimum absolute atomic E-state index is 0.0172. The summed E-state index contributed by atoms with van der Waals surface area (Å²) in [6, 6.07) is 3.76. The summed E-state index contributed by atoms with van der Waals surface area (Å²) >= 11 is 6.34. The lowest BCUT2D eigenvalue weighted by molar-refractivity contribution is 0.230. The Balaban J connectivity index is 2.10. The molecule has 0 spiro atoms. The number of hydrogen-bond donors (Lipinski definition) is 1. The van der Waals surface area contributed by atoms with Gasteiger partial charge in [0.1, 0.15) is 0 Å². The second-order valence-corrected chi connectivity index (χ2v) is 6.12. The summed E-state index contributed by atoms with van der Waals surface area (Å²) in [6.07, 6.45) is 2.13. The van der Waals surface area contributed by atoms with Crippen molar-refractivity contribution in [1.29, 1.82) is 0 Å². The summed E-state index contributed by atoms with van der Waals surface area (Å²) in [6.45, 7) is 7.34. The molecule has 132 valence electrons. The van der Waals surface area contributed by atoms with Crippen molar-refractivity contribution in [3.63, 3.8) is 0 Å². The first-order valence-corrected chi connectivity index (χ1v) is 8.46. The van der Waals surface area contributed by atoms with Crippen LogP contribution in [0.4, 0.5) is 5.95 Å². The lowest BCUT2D eigenvalue weighted by Crippen LogP contribution is -2.10. The number of rotatable bonds is 9. The molecule has 0 radical (unpaired) electrons. The van der Waals surface area contributed by atoms with E-state index in [1.54, 1.807) is 11.8 Å². The predicted octanol–water partition coefficient (Wildman–Crippen LogP) is 3.53. The summed E-state index contributed by atoms with van der Waals surface area (Å²) in [5.41, 5.74) is 0.956. The zero-order valence-electron chi connectivity index (χ0n) is 14.5. The highest BCUT2D eigenvalue weighted by molar-refractivity contribution is 6.32. The van der Waals surface area contributed by atoms with Gasteiger partial charge in [0.15, 0.2) is 11.5 Å². The Morgan fingerprint density at radius 1 is 1.33 bits per heavy atom. The number of hydrogen-bond acceptors (Lipinski definition) is 6. The van der Waals surface area contributed by atoms with Gasteiger partial charge in [-0.2, -0.15) is 0 Å². The number of tetrazole rings is 1. The first kappa shape index (κ1) is 18.3. The third-order valence-corrected chi connectivity index (χ3v) is 3.63. The van der Waals surface area contributed by atoms with Crippen LogP contribution in [0.15, 0.2) is 12.1 Å². The fourth-order valence-corrected chi connectivity index (χ4v) is 2.47. The zero-order chi connectivity index (χ0) is 17.5. The average molecular weight is 354 g/mol. The molecule has 24 heavy (non-hydrogen) atoms.